The highest BCUT2D eigenvalue weighted by Crippen LogP contribution is 2.36. The van der Waals surface area contributed by atoms with Crippen LogP contribution in [0.25, 0.3) is 0 Å². The minimum Gasteiger partial charge on any atom is -0.486 e. The van der Waals surface area contributed by atoms with Crippen LogP contribution in [0, 0.1) is 0 Å². The molecule has 0 aromatic heterocycles. The molecule has 2 N–H and O–H groups in total. The molecule has 1 aliphatic heterocycles. The average molecular weight is 315 g/mol. The largest absolute Gasteiger partial charge is 0.486 e. The zero-order chi connectivity index (χ0) is 15.5. The van der Waals surface area contributed by atoms with E-state index in [4.69, 9.17) is 19.3 Å². The first-order chi connectivity index (χ1) is 9.93. The van der Waals surface area contributed by atoms with Crippen LogP contribution in [-0.2, 0) is 14.8 Å². The highest BCUT2D eigenvalue weighted by molar-refractivity contribution is 7.89. The fraction of sp³-hybridized carbons (Fsp3) is 0.462. The second kappa shape index (κ2) is 6.31. The van der Waals surface area contributed by atoms with Crippen molar-refractivity contribution in [3.05, 3.63) is 17.7 Å². The van der Waals surface area contributed by atoms with E-state index in [0.29, 0.717) is 0 Å². The number of fused-ring (bicyclic) bond motifs is 1. The summed E-state index contributed by atoms with van der Waals surface area (Å²) >= 11 is 0. The van der Waals surface area contributed by atoms with Crippen molar-refractivity contribution >= 4 is 16.0 Å². The Labute approximate surface area is 123 Å². The Morgan fingerprint density at radius 2 is 2.05 bits per heavy atom. The third kappa shape index (κ3) is 3.64. The van der Waals surface area contributed by atoms with Gasteiger partial charge in [0.25, 0.3) is 0 Å². The summed E-state index contributed by atoms with van der Waals surface area (Å²) in [6.45, 7) is 2.77. The van der Waals surface area contributed by atoms with Crippen LogP contribution >= 0.6 is 0 Å². The second-order valence-corrected chi connectivity index (χ2v) is 6.09. The fourth-order valence-electron chi connectivity index (χ4n) is 1.83. The van der Waals surface area contributed by atoms with Gasteiger partial charge in [0.2, 0.25) is 10.0 Å². The molecule has 7 nitrogen and oxygen atoms in total. The Balaban J connectivity index is 2.40. The summed E-state index contributed by atoms with van der Waals surface area (Å²) in [7, 11) is -3.96. The van der Waals surface area contributed by atoms with Crippen molar-refractivity contribution in [2.75, 3.05) is 19.8 Å². The molecule has 1 aromatic carbocycles. The molecule has 116 valence electrons. The number of primary sulfonamides is 1. The number of unbranched alkanes of at least 4 members (excludes halogenated alkanes) is 1. The molecule has 0 saturated heterocycles. The van der Waals surface area contributed by atoms with Crippen molar-refractivity contribution < 1.29 is 27.4 Å². The van der Waals surface area contributed by atoms with Crippen molar-refractivity contribution in [2.45, 2.75) is 24.7 Å². The van der Waals surface area contributed by atoms with Crippen molar-refractivity contribution in [1.82, 2.24) is 0 Å². The van der Waals surface area contributed by atoms with Gasteiger partial charge in [0.15, 0.2) is 11.5 Å². The normalized spacial score (nSPS) is 13.8. The summed E-state index contributed by atoms with van der Waals surface area (Å²) in [5.74, 6) is -0.291. The second-order valence-electron chi connectivity index (χ2n) is 4.53. The van der Waals surface area contributed by atoms with Crippen molar-refractivity contribution in [3.8, 4) is 11.5 Å². The van der Waals surface area contributed by atoms with Gasteiger partial charge >= 0.3 is 5.97 Å². The van der Waals surface area contributed by atoms with Crippen LogP contribution in [-0.4, -0.2) is 34.2 Å². The number of nitrogens with two attached hydrogens (primary N) is 1. The van der Waals surface area contributed by atoms with Gasteiger partial charge in [-0.1, -0.05) is 13.3 Å². The molecule has 0 unspecified atom stereocenters. The van der Waals surface area contributed by atoms with E-state index in [-0.39, 0.29) is 41.8 Å². The summed E-state index contributed by atoms with van der Waals surface area (Å²) in [5, 5.41) is 5.10. The first-order valence-corrected chi connectivity index (χ1v) is 8.11. The number of carbonyl (C=O) groups excluding carboxylic acids is 1. The summed E-state index contributed by atoms with van der Waals surface area (Å²) < 4.78 is 38.8. The van der Waals surface area contributed by atoms with E-state index in [1.54, 1.807) is 0 Å². The van der Waals surface area contributed by atoms with Crippen LogP contribution in [0.4, 0.5) is 0 Å². The van der Waals surface area contributed by atoms with Gasteiger partial charge in [-0.05, 0) is 12.5 Å². The van der Waals surface area contributed by atoms with Gasteiger partial charge in [-0.3, -0.25) is 0 Å². The van der Waals surface area contributed by atoms with Crippen LogP contribution in [0.5, 0.6) is 11.5 Å². The minimum atomic E-state index is -3.96. The van der Waals surface area contributed by atoms with Crippen molar-refractivity contribution in [3.63, 3.8) is 0 Å². The third-order valence-electron chi connectivity index (χ3n) is 2.90. The topological polar surface area (TPSA) is 105 Å². The van der Waals surface area contributed by atoms with Gasteiger partial charge in [0, 0.05) is 6.07 Å². The molecule has 0 aliphatic carbocycles. The smallest absolute Gasteiger partial charge is 0.342 e. The Bertz CT molecular complexity index is 640. The number of ether oxygens (including phenoxy) is 3. The zero-order valence-electron chi connectivity index (χ0n) is 11.6. The molecule has 0 fully saturated rings. The van der Waals surface area contributed by atoms with Gasteiger partial charge in [0.05, 0.1) is 11.5 Å². The van der Waals surface area contributed by atoms with E-state index in [1.807, 2.05) is 6.92 Å². The van der Waals surface area contributed by atoms with Gasteiger partial charge in [-0.25, -0.2) is 18.4 Å². The van der Waals surface area contributed by atoms with Crippen LogP contribution in [0.3, 0.4) is 0 Å². The lowest BCUT2D eigenvalue weighted by Gasteiger charge is -2.21. The first-order valence-electron chi connectivity index (χ1n) is 6.57. The SMILES string of the molecule is CCCCOC(=O)c1cc(S(N)(=O)=O)cc2c1OCCO2. The lowest BCUT2D eigenvalue weighted by atomic mass is 10.1. The predicted molar refractivity (Wildman–Crippen MR) is 74.0 cm³/mol. The monoisotopic (exact) mass is 315 g/mol. The number of rotatable bonds is 5. The Kier molecular flexibility index (Phi) is 4.69. The molecule has 0 spiro atoms. The standard InChI is InChI=1S/C13H17NO6S/c1-2-3-4-20-13(15)10-7-9(21(14,16)17)8-11-12(10)19-6-5-18-11/h7-8H,2-6H2,1H3,(H2,14,16,17). The quantitative estimate of drug-likeness (QED) is 0.643. The molecule has 8 heteroatoms. The Morgan fingerprint density at radius 3 is 2.71 bits per heavy atom. The fourth-order valence-corrected chi connectivity index (χ4v) is 2.38. The molecule has 0 saturated carbocycles. The number of benzene rings is 1. The molecular formula is C13H17NO6S. The Hall–Kier alpha value is -1.80. The number of esters is 1. The molecule has 0 radical (unpaired) electrons. The first kappa shape index (κ1) is 15.6. The highest BCUT2D eigenvalue weighted by atomic mass is 32.2. The zero-order valence-corrected chi connectivity index (χ0v) is 12.4. The lowest BCUT2D eigenvalue weighted by Crippen LogP contribution is -2.21. The molecule has 0 atom stereocenters. The van der Waals surface area contributed by atoms with Crippen LogP contribution < -0.4 is 14.6 Å². The van der Waals surface area contributed by atoms with Gasteiger partial charge in [-0.2, -0.15) is 0 Å². The summed E-state index contributed by atoms with van der Waals surface area (Å²) in [5.41, 5.74) is 0.00679. The van der Waals surface area contributed by atoms with Crippen LogP contribution in [0.2, 0.25) is 0 Å². The molecule has 1 aromatic rings. The molecular weight excluding hydrogens is 298 g/mol. The molecule has 0 amide bonds. The average Bonchev–Trinajstić information content (AvgIpc) is 2.45. The van der Waals surface area contributed by atoms with E-state index in [1.165, 1.54) is 6.07 Å². The highest BCUT2D eigenvalue weighted by Gasteiger charge is 2.25. The molecule has 0 bridgehead atoms. The molecule has 21 heavy (non-hydrogen) atoms. The lowest BCUT2D eigenvalue weighted by molar-refractivity contribution is 0.0489. The maximum absolute atomic E-state index is 12.1. The minimum absolute atomic E-state index is 0.00679. The van der Waals surface area contributed by atoms with Crippen molar-refractivity contribution in [2.24, 2.45) is 5.14 Å². The predicted octanol–water partition coefficient (Wildman–Crippen LogP) is 1.06. The molecule has 1 aliphatic rings. The van der Waals surface area contributed by atoms with Crippen LogP contribution in [0.15, 0.2) is 17.0 Å². The van der Waals surface area contributed by atoms with E-state index < -0.39 is 16.0 Å². The number of sulfonamides is 1. The Morgan fingerprint density at radius 1 is 1.33 bits per heavy atom. The van der Waals surface area contributed by atoms with E-state index >= 15 is 0 Å². The summed E-state index contributed by atoms with van der Waals surface area (Å²) in [4.78, 5) is 11.9. The van der Waals surface area contributed by atoms with E-state index in [2.05, 4.69) is 0 Å². The third-order valence-corrected chi connectivity index (χ3v) is 3.79. The van der Waals surface area contributed by atoms with E-state index in [9.17, 15) is 13.2 Å². The molecule has 2 rings (SSSR count). The van der Waals surface area contributed by atoms with Crippen LogP contribution in [0.1, 0.15) is 30.1 Å². The summed E-state index contributed by atoms with van der Waals surface area (Å²) in [6, 6.07) is 2.39. The van der Waals surface area contributed by atoms with Gasteiger partial charge in [-0.15, -0.1) is 0 Å². The maximum Gasteiger partial charge on any atom is 0.342 e. The molecule has 1 heterocycles. The van der Waals surface area contributed by atoms with E-state index in [0.717, 1.165) is 18.9 Å². The van der Waals surface area contributed by atoms with Gasteiger partial charge in [0.1, 0.15) is 18.8 Å². The number of hydrogen-bond donors (Lipinski definition) is 1. The maximum atomic E-state index is 12.1. The summed E-state index contributed by atoms with van der Waals surface area (Å²) in [6.07, 6.45) is 1.60. The van der Waals surface area contributed by atoms with Crippen molar-refractivity contribution in [1.29, 1.82) is 0 Å². The number of hydrogen-bond acceptors (Lipinski definition) is 6. The van der Waals surface area contributed by atoms with Gasteiger partial charge < -0.3 is 14.2 Å². The number of carbonyl (C=O) groups is 1.